The Morgan fingerprint density at radius 2 is 1.65 bits per heavy atom. The van der Waals surface area contributed by atoms with Gasteiger partial charge in [-0.05, 0) is 34.7 Å². The predicted octanol–water partition coefficient (Wildman–Crippen LogP) is 1.94. The van der Waals surface area contributed by atoms with Gasteiger partial charge in [0.2, 0.25) is 0 Å². The summed E-state index contributed by atoms with van der Waals surface area (Å²) < 4.78 is 11.3. The molecule has 0 aromatic heterocycles. The zero-order valence-corrected chi connectivity index (χ0v) is 12.3. The Morgan fingerprint density at radius 1 is 1.18 bits per heavy atom. The molecule has 1 amide bonds. The molecular weight excluding hydrogens is 337 g/mol. The number of benzene rings is 1. The van der Waals surface area contributed by atoms with Crippen LogP contribution in [0.1, 0.15) is 10.4 Å². The highest BCUT2D eigenvalue weighted by Gasteiger charge is 2.22. The van der Waals surface area contributed by atoms with Crippen LogP contribution in [0, 0.1) is 3.57 Å². The van der Waals surface area contributed by atoms with E-state index in [1.54, 1.807) is 12.1 Å². The minimum atomic E-state index is -0.322. The molecule has 0 fully saturated rings. The van der Waals surface area contributed by atoms with Crippen LogP contribution in [0.25, 0.3) is 0 Å². The lowest BCUT2D eigenvalue weighted by atomic mass is 10.1. The Bertz CT molecular complexity index is 397. The Balaban J connectivity index is 3.33. The van der Waals surface area contributed by atoms with Crippen molar-refractivity contribution in [2.75, 3.05) is 28.4 Å². The number of hydrogen-bond donors (Lipinski definition) is 0. The molecule has 17 heavy (non-hydrogen) atoms. The normalized spacial score (nSPS) is 9.94. The fraction of sp³-hybridized carbons (Fsp3) is 0.364. The van der Waals surface area contributed by atoms with Crippen molar-refractivity contribution >= 4 is 28.5 Å². The summed E-state index contributed by atoms with van der Waals surface area (Å²) in [6.45, 7) is 0. The van der Waals surface area contributed by atoms with Gasteiger partial charge in [-0.3, -0.25) is 9.63 Å². The Kier molecular flexibility index (Phi) is 5.01. The van der Waals surface area contributed by atoms with Crippen LogP contribution in [-0.2, 0) is 4.84 Å². The summed E-state index contributed by atoms with van der Waals surface area (Å²) in [6, 6.07) is 3.53. The average Bonchev–Trinajstić information content (AvgIpc) is 2.35. The maximum absolute atomic E-state index is 12.1. The van der Waals surface area contributed by atoms with E-state index in [2.05, 4.69) is 22.6 Å². The van der Waals surface area contributed by atoms with E-state index in [0.717, 1.165) is 8.63 Å². The van der Waals surface area contributed by atoms with Crippen LogP contribution in [0.2, 0.25) is 0 Å². The van der Waals surface area contributed by atoms with E-state index >= 15 is 0 Å². The maximum Gasteiger partial charge on any atom is 0.284 e. The quantitative estimate of drug-likeness (QED) is 0.615. The van der Waals surface area contributed by atoms with Gasteiger partial charge in [-0.25, -0.2) is 5.06 Å². The molecule has 1 aromatic carbocycles. The van der Waals surface area contributed by atoms with E-state index in [-0.39, 0.29) is 5.91 Å². The molecule has 94 valence electrons. The molecule has 0 heterocycles. The van der Waals surface area contributed by atoms with Gasteiger partial charge in [-0.2, -0.15) is 0 Å². The smallest absolute Gasteiger partial charge is 0.284 e. The number of hydrogen-bond acceptors (Lipinski definition) is 4. The van der Waals surface area contributed by atoms with Crippen LogP contribution in [0.3, 0.4) is 0 Å². The summed E-state index contributed by atoms with van der Waals surface area (Å²) in [5, 5.41) is 1.12. The molecule has 0 spiro atoms. The number of amides is 1. The van der Waals surface area contributed by atoms with Crippen molar-refractivity contribution in [3.8, 4) is 11.5 Å². The Morgan fingerprint density at radius 3 is 2.00 bits per heavy atom. The maximum atomic E-state index is 12.1. The van der Waals surface area contributed by atoms with Crippen molar-refractivity contribution in [2.45, 2.75) is 0 Å². The van der Waals surface area contributed by atoms with Gasteiger partial charge in [0.15, 0.2) is 0 Å². The number of hydroxylamine groups is 2. The van der Waals surface area contributed by atoms with Gasteiger partial charge < -0.3 is 9.47 Å². The molecule has 6 heteroatoms. The van der Waals surface area contributed by atoms with Crippen molar-refractivity contribution < 1.29 is 19.1 Å². The minimum Gasteiger partial charge on any atom is -0.496 e. The van der Waals surface area contributed by atoms with Crippen LogP contribution in [-0.4, -0.2) is 39.3 Å². The fourth-order valence-corrected chi connectivity index (χ4v) is 1.90. The Hall–Kier alpha value is -1.02. The van der Waals surface area contributed by atoms with E-state index in [4.69, 9.17) is 14.3 Å². The monoisotopic (exact) mass is 351 g/mol. The van der Waals surface area contributed by atoms with E-state index in [0.29, 0.717) is 17.1 Å². The van der Waals surface area contributed by atoms with Crippen LogP contribution in [0.4, 0.5) is 0 Å². The highest BCUT2D eigenvalue weighted by molar-refractivity contribution is 14.1. The van der Waals surface area contributed by atoms with E-state index in [1.165, 1.54) is 28.4 Å². The molecule has 0 N–H and O–H groups in total. The minimum absolute atomic E-state index is 0.322. The van der Waals surface area contributed by atoms with E-state index < -0.39 is 0 Å². The first-order valence-electron chi connectivity index (χ1n) is 4.78. The first-order chi connectivity index (χ1) is 8.04. The molecule has 0 radical (unpaired) electrons. The second kappa shape index (κ2) is 6.06. The molecule has 0 saturated heterocycles. The number of halogens is 1. The third-order valence-corrected chi connectivity index (χ3v) is 2.87. The van der Waals surface area contributed by atoms with Crippen molar-refractivity contribution in [2.24, 2.45) is 0 Å². The third-order valence-electron chi connectivity index (χ3n) is 2.24. The summed E-state index contributed by atoms with van der Waals surface area (Å²) in [6.07, 6.45) is 0. The van der Waals surface area contributed by atoms with Crippen LogP contribution in [0.15, 0.2) is 12.1 Å². The highest BCUT2D eigenvalue weighted by atomic mass is 127. The number of methoxy groups -OCH3 is 2. The molecule has 0 bridgehead atoms. The number of ether oxygens (including phenoxy) is 2. The summed E-state index contributed by atoms with van der Waals surface area (Å²) in [5.41, 5.74) is 0.347. The lowest BCUT2D eigenvalue weighted by Gasteiger charge is -2.18. The second-order valence-corrected chi connectivity index (χ2v) is 4.42. The molecule has 5 nitrogen and oxygen atoms in total. The van der Waals surface area contributed by atoms with Crippen LogP contribution < -0.4 is 9.47 Å². The number of rotatable bonds is 4. The fourth-order valence-electron chi connectivity index (χ4n) is 1.33. The van der Waals surface area contributed by atoms with Crippen LogP contribution >= 0.6 is 22.6 Å². The molecule has 0 aliphatic heterocycles. The second-order valence-electron chi connectivity index (χ2n) is 3.17. The van der Waals surface area contributed by atoms with Crippen molar-refractivity contribution in [3.05, 3.63) is 21.3 Å². The number of carbonyl (C=O) groups is 1. The number of carbonyl (C=O) groups excluding carboxylic acids is 1. The highest BCUT2D eigenvalue weighted by Crippen LogP contribution is 2.32. The van der Waals surface area contributed by atoms with Crippen molar-refractivity contribution in [3.63, 3.8) is 0 Å². The molecule has 0 atom stereocenters. The molecule has 0 saturated carbocycles. The van der Waals surface area contributed by atoms with Crippen molar-refractivity contribution in [1.82, 2.24) is 5.06 Å². The van der Waals surface area contributed by atoms with Gasteiger partial charge in [0.25, 0.3) is 5.91 Å². The molecule has 0 aliphatic carbocycles. The zero-order valence-electron chi connectivity index (χ0n) is 10.1. The number of nitrogens with zero attached hydrogens (tertiary/aromatic N) is 1. The summed E-state index contributed by atoms with van der Waals surface area (Å²) in [4.78, 5) is 17.0. The van der Waals surface area contributed by atoms with E-state index in [1.807, 2.05) is 0 Å². The van der Waals surface area contributed by atoms with E-state index in [9.17, 15) is 4.79 Å². The SMILES string of the molecule is COc1cc(I)cc(OC)c1C(=O)N(C)OC. The molecule has 0 unspecified atom stereocenters. The van der Waals surface area contributed by atoms with Gasteiger partial charge in [-0.15, -0.1) is 0 Å². The average molecular weight is 351 g/mol. The van der Waals surface area contributed by atoms with Crippen LogP contribution in [0.5, 0.6) is 11.5 Å². The first kappa shape index (κ1) is 14.0. The van der Waals surface area contributed by atoms with Gasteiger partial charge in [0, 0.05) is 10.6 Å². The molecule has 1 rings (SSSR count). The van der Waals surface area contributed by atoms with Gasteiger partial charge >= 0.3 is 0 Å². The molecular formula is C11H14INO4. The largest absolute Gasteiger partial charge is 0.496 e. The summed E-state index contributed by atoms with van der Waals surface area (Å²) >= 11 is 2.13. The van der Waals surface area contributed by atoms with Gasteiger partial charge in [0.1, 0.15) is 17.1 Å². The topological polar surface area (TPSA) is 48.0 Å². The molecule has 0 aliphatic rings. The summed E-state index contributed by atoms with van der Waals surface area (Å²) in [5.74, 6) is 0.600. The lowest BCUT2D eigenvalue weighted by molar-refractivity contribution is -0.0759. The molecule has 1 aromatic rings. The van der Waals surface area contributed by atoms with Gasteiger partial charge in [-0.1, -0.05) is 0 Å². The summed E-state index contributed by atoms with van der Waals surface area (Å²) in [7, 11) is 5.96. The third kappa shape index (κ3) is 3.01. The predicted molar refractivity (Wildman–Crippen MR) is 71.4 cm³/mol. The Labute approximate surface area is 114 Å². The zero-order chi connectivity index (χ0) is 13.0. The standard InChI is InChI=1S/C11H14INO4/c1-13(17-4)11(14)10-8(15-2)5-7(12)6-9(10)16-3/h5-6H,1-4H3. The van der Waals surface area contributed by atoms with Crippen molar-refractivity contribution in [1.29, 1.82) is 0 Å². The lowest BCUT2D eigenvalue weighted by Crippen LogP contribution is -2.26. The first-order valence-corrected chi connectivity index (χ1v) is 5.86. The van der Waals surface area contributed by atoms with Gasteiger partial charge in [0.05, 0.1) is 21.3 Å².